The van der Waals surface area contributed by atoms with Gasteiger partial charge in [0.1, 0.15) is 12.2 Å². The number of benzene rings is 4. The predicted molar refractivity (Wildman–Crippen MR) is 165 cm³/mol. The summed E-state index contributed by atoms with van der Waals surface area (Å²) in [6.07, 6.45) is -2.09. The lowest BCUT2D eigenvalue weighted by Gasteiger charge is -2.36. The van der Waals surface area contributed by atoms with E-state index < -0.39 is 40.7 Å². The third-order valence-electron chi connectivity index (χ3n) is 9.06. The van der Waals surface area contributed by atoms with Gasteiger partial charge in [-0.1, -0.05) is 84.9 Å². The maximum atomic E-state index is 14.9. The van der Waals surface area contributed by atoms with Crippen molar-refractivity contribution in [3.8, 4) is 0 Å². The Labute approximate surface area is 259 Å². The molecule has 0 aromatic heterocycles. The second-order valence-electron chi connectivity index (χ2n) is 11.8. The molecule has 3 N–H and O–H groups in total. The van der Waals surface area contributed by atoms with Crippen LogP contribution in [0, 0.1) is 10.1 Å². The standard InChI is InChI=1S/C35H33N3O7/c39-31-30(19-23-9-3-1-4-10-23)36(21-24-11-7-15-27(17-24)33(41)42)34(43)37(22-25-12-8-16-28(18-25)38(44)45)35(32(31)40)20-29(35)26-13-5-2-6-14-26/h1-18,29-32,39-40H,19-22H2,(H,41,42)/t29?,30-,31+,32-,35?/m1/s1. The first kappa shape index (κ1) is 30.0. The van der Waals surface area contributed by atoms with Crippen molar-refractivity contribution in [3.63, 3.8) is 0 Å². The molecule has 0 radical (unpaired) electrons. The normalized spacial score (nSPS) is 24.4. The molecule has 1 aliphatic heterocycles. The predicted octanol–water partition coefficient (Wildman–Crippen LogP) is 4.99. The Morgan fingerprint density at radius 3 is 2.13 bits per heavy atom. The molecule has 230 valence electrons. The summed E-state index contributed by atoms with van der Waals surface area (Å²) in [5, 5.41) is 45.2. The highest BCUT2D eigenvalue weighted by atomic mass is 16.6. The first-order valence-corrected chi connectivity index (χ1v) is 14.8. The van der Waals surface area contributed by atoms with Gasteiger partial charge in [-0.25, -0.2) is 9.59 Å². The smallest absolute Gasteiger partial charge is 0.335 e. The molecule has 2 aliphatic rings. The fourth-order valence-corrected chi connectivity index (χ4v) is 6.75. The van der Waals surface area contributed by atoms with Crippen molar-refractivity contribution in [2.75, 3.05) is 0 Å². The number of carbonyl (C=O) groups is 2. The first-order chi connectivity index (χ1) is 21.7. The molecule has 10 heteroatoms. The Morgan fingerprint density at radius 1 is 0.844 bits per heavy atom. The topological polar surface area (TPSA) is 144 Å². The summed E-state index contributed by atoms with van der Waals surface area (Å²) in [4.78, 5) is 40.8. The van der Waals surface area contributed by atoms with Crippen LogP contribution in [-0.2, 0) is 19.5 Å². The zero-order chi connectivity index (χ0) is 31.7. The quantitative estimate of drug-likeness (QED) is 0.180. The molecule has 4 aromatic rings. The Kier molecular flexibility index (Phi) is 8.09. The second kappa shape index (κ2) is 12.1. The Bertz CT molecular complexity index is 1720. The van der Waals surface area contributed by atoms with Crippen LogP contribution in [0.4, 0.5) is 10.5 Å². The number of rotatable bonds is 9. The summed E-state index contributed by atoms with van der Waals surface area (Å²) in [7, 11) is 0. The van der Waals surface area contributed by atoms with Gasteiger partial charge in [0.2, 0.25) is 0 Å². The van der Waals surface area contributed by atoms with E-state index in [1.54, 1.807) is 29.2 Å². The number of hydrogen-bond acceptors (Lipinski definition) is 6. The van der Waals surface area contributed by atoms with E-state index in [2.05, 4.69) is 0 Å². The highest BCUT2D eigenvalue weighted by molar-refractivity contribution is 5.87. The number of nitro benzene ring substituents is 1. The van der Waals surface area contributed by atoms with Crippen molar-refractivity contribution < 1.29 is 29.8 Å². The van der Waals surface area contributed by atoms with Crippen molar-refractivity contribution in [2.45, 2.75) is 55.6 Å². The Hall–Kier alpha value is -5.06. The van der Waals surface area contributed by atoms with Crippen molar-refractivity contribution in [2.24, 2.45) is 0 Å². The molecule has 1 saturated carbocycles. The van der Waals surface area contributed by atoms with Gasteiger partial charge in [0.15, 0.2) is 0 Å². The minimum Gasteiger partial charge on any atom is -0.478 e. The Balaban J connectivity index is 1.48. The summed E-state index contributed by atoms with van der Waals surface area (Å²) >= 11 is 0. The molecule has 4 aromatic carbocycles. The monoisotopic (exact) mass is 607 g/mol. The average Bonchev–Trinajstić information content (AvgIpc) is 3.82. The molecule has 5 atom stereocenters. The minimum absolute atomic E-state index is 0.0290. The summed E-state index contributed by atoms with van der Waals surface area (Å²) < 4.78 is 0. The van der Waals surface area contributed by atoms with Gasteiger partial charge in [-0.15, -0.1) is 0 Å². The fourth-order valence-electron chi connectivity index (χ4n) is 6.75. The van der Waals surface area contributed by atoms with Gasteiger partial charge in [-0.2, -0.15) is 0 Å². The van der Waals surface area contributed by atoms with E-state index in [0.29, 0.717) is 17.5 Å². The molecule has 6 rings (SSSR count). The minimum atomic E-state index is -1.36. The van der Waals surface area contributed by atoms with Crippen LogP contribution in [0.25, 0.3) is 0 Å². The molecule has 1 heterocycles. The van der Waals surface area contributed by atoms with Gasteiger partial charge in [0.05, 0.1) is 22.1 Å². The third-order valence-corrected chi connectivity index (χ3v) is 9.06. The van der Waals surface area contributed by atoms with E-state index in [4.69, 9.17) is 0 Å². The van der Waals surface area contributed by atoms with E-state index in [1.807, 2.05) is 60.7 Å². The molecule has 1 spiro atoms. The second-order valence-corrected chi connectivity index (χ2v) is 11.8. The maximum absolute atomic E-state index is 14.9. The van der Waals surface area contributed by atoms with Crippen molar-refractivity contribution in [3.05, 3.63) is 147 Å². The molecule has 10 nitrogen and oxygen atoms in total. The van der Waals surface area contributed by atoms with Crippen LogP contribution in [0.15, 0.2) is 109 Å². The lowest BCUT2D eigenvalue weighted by atomic mass is 9.90. The van der Waals surface area contributed by atoms with Crippen LogP contribution in [-0.4, -0.2) is 65.8 Å². The first-order valence-electron chi connectivity index (χ1n) is 14.8. The number of carboxylic acids is 1. The number of carboxylic acid groups (broad SMARTS) is 1. The highest BCUT2D eigenvalue weighted by Crippen LogP contribution is 2.60. The fraction of sp³-hybridized carbons (Fsp3) is 0.257. The number of non-ortho nitro benzene ring substituents is 1. The SMILES string of the molecule is O=C(O)c1cccc(CN2C(=O)N(Cc3cccc([N+](=O)[O-])c3)C3(CC3c3ccccc3)[C@H](O)[C@@H](O)[C@H]2Cc2ccccc2)c1. The average molecular weight is 608 g/mol. The van der Waals surface area contributed by atoms with Crippen molar-refractivity contribution >= 4 is 17.7 Å². The Morgan fingerprint density at radius 2 is 1.47 bits per heavy atom. The van der Waals surface area contributed by atoms with Gasteiger partial charge < -0.3 is 25.1 Å². The van der Waals surface area contributed by atoms with E-state index in [1.165, 1.54) is 29.2 Å². The lowest BCUT2D eigenvalue weighted by Crippen LogP contribution is -2.52. The van der Waals surface area contributed by atoms with Gasteiger partial charge in [0, 0.05) is 31.1 Å². The number of aliphatic hydroxyl groups is 2. The summed E-state index contributed by atoms with van der Waals surface area (Å²) in [5.41, 5.74) is 1.56. The number of aliphatic hydroxyl groups excluding tert-OH is 2. The summed E-state index contributed by atoms with van der Waals surface area (Å²) in [5.74, 6) is -1.40. The van der Waals surface area contributed by atoms with E-state index in [0.717, 1.165) is 11.1 Å². The molecule has 45 heavy (non-hydrogen) atoms. The molecule has 0 bridgehead atoms. The summed E-state index contributed by atoms with van der Waals surface area (Å²) in [6, 6.07) is 29.9. The van der Waals surface area contributed by atoms with Gasteiger partial charge in [-0.05, 0) is 47.2 Å². The van der Waals surface area contributed by atoms with E-state index >= 15 is 0 Å². The van der Waals surface area contributed by atoms with Crippen LogP contribution in [0.3, 0.4) is 0 Å². The largest absolute Gasteiger partial charge is 0.478 e. The zero-order valence-corrected chi connectivity index (χ0v) is 24.3. The van der Waals surface area contributed by atoms with E-state index in [-0.39, 0.29) is 36.7 Å². The van der Waals surface area contributed by atoms with Crippen LogP contribution in [0.5, 0.6) is 0 Å². The van der Waals surface area contributed by atoms with Gasteiger partial charge in [-0.3, -0.25) is 10.1 Å². The molecular formula is C35H33N3O7. The molecular weight excluding hydrogens is 574 g/mol. The molecule has 2 unspecified atom stereocenters. The number of aromatic carboxylic acids is 1. The number of carbonyl (C=O) groups excluding carboxylic acids is 1. The van der Waals surface area contributed by atoms with Crippen molar-refractivity contribution in [1.29, 1.82) is 0 Å². The van der Waals surface area contributed by atoms with Gasteiger partial charge in [0.25, 0.3) is 5.69 Å². The van der Waals surface area contributed by atoms with Gasteiger partial charge >= 0.3 is 12.0 Å². The molecule has 1 aliphatic carbocycles. The van der Waals surface area contributed by atoms with Crippen LogP contribution < -0.4 is 0 Å². The van der Waals surface area contributed by atoms with Crippen LogP contribution in [0.2, 0.25) is 0 Å². The number of amides is 2. The van der Waals surface area contributed by atoms with Crippen LogP contribution in [0.1, 0.15) is 45.0 Å². The number of nitro groups is 1. The molecule has 2 fully saturated rings. The highest BCUT2D eigenvalue weighted by Gasteiger charge is 2.68. The van der Waals surface area contributed by atoms with E-state index in [9.17, 15) is 35.0 Å². The molecule has 1 saturated heterocycles. The number of urea groups is 1. The number of hydrogen-bond donors (Lipinski definition) is 3. The maximum Gasteiger partial charge on any atom is 0.335 e. The lowest BCUT2D eigenvalue weighted by molar-refractivity contribution is -0.384. The zero-order valence-electron chi connectivity index (χ0n) is 24.3. The summed E-state index contributed by atoms with van der Waals surface area (Å²) in [6.45, 7) is -0.0733. The van der Waals surface area contributed by atoms with Crippen LogP contribution >= 0.6 is 0 Å². The number of nitrogens with zero attached hydrogens (tertiary/aromatic N) is 3. The van der Waals surface area contributed by atoms with Crippen molar-refractivity contribution in [1.82, 2.24) is 9.80 Å². The third kappa shape index (κ3) is 5.77. The molecule has 2 amide bonds.